The number of carbonyl (C=O) groups is 2. The molecule has 0 bridgehead atoms. The number of rotatable bonds is 10. The Kier molecular flexibility index (Phi) is 8.32. The number of aliphatic imine (C=N–C) groups is 1. The maximum absolute atomic E-state index is 13.5. The van der Waals surface area contributed by atoms with Crippen LogP contribution in [0.3, 0.4) is 0 Å². The topological polar surface area (TPSA) is 102 Å². The largest absolute Gasteiger partial charge is 0.490 e. The molecule has 3 aromatic carbocycles. The molecule has 5 rings (SSSR count). The van der Waals surface area contributed by atoms with Gasteiger partial charge in [0, 0.05) is 0 Å². The van der Waals surface area contributed by atoms with Crippen LogP contribution < -0.4 is 9.47 Å². The van der Waals surface area contributed by atoms with Crippen LogP contribution in [0, 0.1) is 0 Å². The van der Waals surface area contributed by atoms with Gasteiger partial charge in [-0.25, -0.2) is 9.79 Å². The standard InChI is InChI=1S/C31H26N2O6S/c1-2-37-27-17-22(13-15-25(27)38-20-24-14-16-26(39-24)30(35)36)18-28-29(34)33(19-21-9-5-3-6-10-21)31(40-28)32-23-11-7-4-8-12-23/h3-18H,2,19-20H2,1H3,(H,35,36). The van der Waals surface area contributed by atoms with Crippen molar-refractivity contribution in [1.29, 1.82) is 0 Å². The van der Waals surface area contributed by atoms with E-state index in [0.29, 0.717) is 40.5 Å². The molecule has 1 N–H and O–H groups in total. The summed E-state index contributed by atoms with van der Waals surface area (Å²) < 4.78 is 16.9. The van der Waals surface area contributed by atoms with Crippen LogP contribution >= 0.6 is 11.8 Å². The Labute approximate surface area is 235 Å². The fourth-order valence-electron chi connectivity index (χ4n) is 3.98. The van der Waals surface area contributed by atoms with Gasteiger partial charge in [-0.1, -0.05) is 54.6 Å². The normalized spacial score (nSPS) is 15.1. The Balaban J connectivity index is 1.40. The van der Waals surface area contributed by atoms with Crippen molar-refractivity contribution in [2.24, 2.45) is 4.99 Å². The van der Waals surface area contributed by atoms with E-state index in [1.165, 1.54) is 17.8 Å². The van der Waals surface area contributed by atoms with Gasteiger partial charge >= 0.3 is 5.97 Å². The molecule has 0 radical (unpaired) electrons. The second-order valence-electron chi connectivity index (χ2n) is 8.72. The second kappa shape index (κ2) is 12.4. The zero-order valence-corrected chi connectivity index (χ0v) is 22.5. The van der Waals surface area contributed by atoms with Gasteiger partial charge < -0.3 is 19.0 Å². The van der Waals surface area contributed by atoms with Gasteiger partial charge in [0.2, 0.25) is 5.76 Å². The minimum Gasteiger partial charge on any atom is -0.490 e. The predicted octanol–water partition coefficient (Wildman–Crippen LogP) is 6.76. The maximum atomic E-state index is 13.5. The number of thioether (sulfide) groups is 1. The van der Waals surface area contributed by atoms with Crippen LogP contribution in [0.5, 0.6) is 11.5 Å². The van der Waals surface area contributed by atoms with Gasteiger partial charge in [-0.3, -0.25) is 9.69 Å². The van der Waals surface area contributed by atoms with Crippen LogP contribution in [-0.4, -0.2) is 33.7 Å². The van der Waals surface area contributed by atoms with E-state index in [0.717, 1.165) is 16.8 Å². The first-order valence-electron chi connectivity index (χ1n) is 12.6. The average molecular weight is 555 g/mol. The Morgan fingerprint density at radius 3 is 2.42 bits per heavy atom. The van der Waals surface area contributed by atoms with E-state index in [1.54, 1.807) is 23.1 Å². The van der Waals surface area contributed by atoms with Crippen molar-refractivity contribution >= 4 is 40.6 Å². The molecule has 0 aliphatic carbocycles. The number of carbonyl (C=O) groups excluding carboxylic acids is 1. The summed E-state index contributed by atoms with van der Waals surface area (Å²) in [6, 6.07) is 27.7. The molecule has 0 spiro atoms. The van der Waals surface area contributed by atoms with Gasteiger partial charge in [0.15, 0.2) is 16.7 Å². The molecule has 1 aliphatic rings. The lowest BCUT2D eigenvalue weighted by atomic mass is 10.1. The average Bonchev–Trinajstić information content (AvgIpc) is 3.55. The Morgan fingerprint density at radius 1 is 0.975 bits per heavy atom. The molecular weight excluding hydrogens is 528 g/mol. The van der Waals surface area contributed by atoms with E-state index in [2.05, 4.69) is 0 Å². The van der Waals surface area contributed by atoms with E-state index < -0.39 is 5.97 Å². The van der Waals surface area contributed by atoms with Gasteiger partial charge in [-0.2, -0.15) is 0 Å². The lowest BCUT2D eigenvalue weighted by molar-refractivity contribution is -0.122. The molecule has 1 aromatic heterocycles. The first-order chi connectivity index (χ1) is 19.5. The summed E-state index contributed by atoms with van der Waals surface area (Å²) in [5.41, 5.74) is 2.54. The Morgan fingerprint density at radius 2 is 1.73 bits per heavy atom. The molecule has 9 heteroatoms. The summed E-state index contributed by atoms with van der Waals surface area (Å²) in [6.07, 6.45) is 1.82. The molecule has 0 unspecified atom stereocenters. The second-order valence-corrected chi connectivity index (χ2v) is 9.73. The third-order valence-corrected chi connectivity index (χ3v) is 6.87. The number of hydrogen-bond donors (Lipinski definition) is 1. The molecule has 0 atom stereocenters. The van der Waals surface area contributed by atoms with Crippen molar-refractivity contribution in [3.8, 4) is 11.5 Å². The van der Waals surface area contributed by atoms with Crippen LogP contribution in [0.4, 0.5) is 5.69 Å². The smallest absolute Gasteiger partial charge is 0.371 e. The number of carboxylic acids is 1. The van der Waals surface area contributed by atoms with Gasteiger partial charge in [-0.05, 0) is 72.3 Å². The molecule has 1 aliphatic heterocycles. The number of carboxylic acid groups (broad SMARTS) is 1. The lowest BCUT2D eigenvalue weighted by Crippen LogP contribution is -2.28. The number of para-hydroxylation sites is 1. The number of amides is 1. The minimum absolute atomic E-state index is 0.0376. The van der Waals surface area contributed by atoms with Crippen LogP contribution in [0.25, 0.3) is 6.08 Å². The van der Waals surface area contributed by atoms with E-state index >= 15 is 0 Å². The zero-order chi connectivity index (χ0) is 27.9. The minimum atomic E-state index is -1.14. The van der Waals surface area contributed by atoms with Crippen molar-refractivity contribution in [2.75, 3.05) is 6.61 Å². The number of aromatic carboxylic acids is 1. The summed E-state index contributed by atoms with van der Waals surface area (Å²) in [5.74, 6) is -0.0777. The highest BCUT2D eigenvalue weighted by Crippen LogP contribution is 2.37. The first-order valence-corrected chi connectivity index (χ1v) is 13.4. The number of furan rings is 1. The van der Waals surface area contributed by atoms with Crippen LogP contribution in [0.15, 0.2) is 105 Å². The number of amidine groups is 1. The summed E-state index contributed by atoms with van der Waals surface area (Å²) in [5, 5.41) is 9.65. The number of nitrogens with zero attached hydrogens (tertiary/aromatic N) is 2. The molecule has 2 heterocycles. The predicted molar refractivity (Wildman–Crippen MR) is 154 cm³/mol. The quantitative estimate of drug-likeness (QED) is 0.216. The lowest BCUT2D eigenvalue weighted by Gasteiger charge is -2.15. The monoisotopic (exact) mass is 554 g/mol. The molecule has 1 amide bonds. The van der Waals surface area contributed by atoms with Crippen molar-refractivity contribution < 1.29 is 28.6 Å². The Hall–Kier alpha value is -4.76. The maximum Gasteiger partial charge on any atom is 0.371 e. The third-order valence-electron chi connectivity index (χ3n) is 5.86. The van der Waals surface area contributed by atoms with E-state index in [9.17, 15) is 9.59 Å². The van der Waals surface area contributed by atoms with Crippen molar-refractivity contribution in [1.82, 2.24) is 4.90 Å². The molecule has 1 fully saturated rings. The number of benzene rings is 3. The third kappa shape index (κ3) is 6.44. The summed E-state index contributed by atoms with van der Waals surface area (Å²) >= 11 is 1.33. The molecule has 0 saturated carbocycles. The van der Waals surface area contributed by atoms with E-state index in [1.807, 2.05) is 79.7 Å². The SMILES string of the molecule is CCOc1cc(C=C2SC(=Nc3ccccc3)N(Cc3ccccc3)C2=O)ccc1OCc1ccc(C(=O)O)o1. The van der Waals surface area contributed by atoms with Gasteiger partial charge in [-0.15, -0.1) is 0 Å². The van der Waals surface area contributed by atoms with E-state index in [-0.39, 0.29) is 18.3 Å². The molecule has 8 nitrogen and oxygen atoms in total. The highest BCUT2D eigenvalue weighted by Gasteiger charge is 2.33. The summed E-state index contributed by atoms with van der Waals surface area (Å²) in [4.78, 5) is 31.6. The molecule has 4 aromatic rings. The fraction of sp³-hybridized carbons (Fsp3) is 0.129. The molecule has 202 valence electrons. The highest BCUT2D eigenvalue weighted by molar-refractivity contribution is 8.18. The van der Waals surface area contributed by atoms with Crippen LogP contribution in [-0.2, 0) is 17.9 Å². The van der Waals surface area contributed by atoms with Crippen molar-refractivity contribution in [2.45, 2.75) is 20.1 Å². The molecule has 40 heavy (non-hydrogen) atoms. The summed E-state index contributed by atoms with van der Waals surface area (Å²) in [6.45, 7) is 2.72. The number of ether oxygens (including phenoxy) is 2. The van der Waals surface area contributed by atoms with E-state index in [4.69, 9.17) is 24.0 Å². The van der Waals surface area contributed by atoms with Crippen molar-refractivity contribution in [3.63, 3.8) is 0 Å². The van der Waals surface area contributed by atoms with Gasteiger partial charge in [0.1, 0.15) is 12.4 Å². The first kappa shape index (κ1) is 26.8. The Bertz CT molecular complexity index is 1560. The van der Waals surface area contributed by atoms with Gasteiger partial charge in [0.25, 0.3) is 5.91 Å². The highest BCUT2D eigenvalue weighted by atomic mass is 32.2. The van der Waals surface area contributed by atoms with Gasteiger partial charge in [0.05, 0.1) is 23.7 Å². The zero-order valence-electron chi connectivity index (χ0n) is 21.7. The molecule has 1 saturated heterocycles. The van der Waals surface area contributed by atoms with Crippen LogP contribution in [0.2, 0.25) is 0 Å². The fourth-order valence-corrected chi connectivity index (χ4v) is 4.98. The number of hydrogen-bond acceptors (Lipinski definition) is 7. The van der Waals surface area contributed by atoms with Crippen LogP contribution in [0.1, 0.15) is 34.4 Å². The van der Waals surface area contributed by atoms with Crippen molar-refractivity contribution in [3.05, 3.63) is 119 Å². The molecular formula is C31H26N2O6S. The summed E-state index contributed by atoms with van der Waals surface area (Å²) in [7, 11) is 0.